The number of nitrogens with one attached hydrogen (secondary N) is 1. The second-order valence-electron chi connectivity index (χ2n) is 6.27. The number of carbonyl (C=O) groups excluding carboxylic acids is 2. The van der Waals surface area contributed by atoms with Gasteiger partial charge >= 0.3 is 5.97 Å². The van der Waals surface area contributed by atoms with Crippen molar-refractivity contribution < 1.29 is 23.8 Å². The molecule has 0 radical (unpaired) electrons. The summed E-state index contributed by atoms with van der Waals surface area (Å²) in [5, 5.41) is 3.24. The van der Waals surface area contributed by atoms with E-state index in [0.29, 0.717) is 28.6 Å². The van der Waals surface area contributed by atoms with Crippen LogP contribution in [0.2, 0.25) is 5.02 Å². The number of methoxy groups -OCH3 is 2. The Bertz CT molecular complexity index is 853. The molecule has 150 valence electrons. The zero-order chi connectivity index (χ0) is 20.7. The fraction of sp³-hybridized carbons (Fsp3) is 0.333. The van der Waals surface area contributed by atoms with Crippen LogP contribution in [0, 0.1) is 6.92 Å². The molecule has 0 aliphatic carbocycles. The van der Waals surface area contributed by atoms with Crippen LogP contribution in [-0.2, 0) is 20.7 Å². The van der Waals surface area contributed by atoms with Gasteiger partial charge in [-0.15, -0.1) is 0 Å². The summed E-state index contributed by atoms with van der Waals surface area (Å²) >= 11 is 5.95. The Morgan fingerprint density at radius 1 is 1.07 bits per heavy atom. The van der Waals surface area contributed by atoms with Crippen LogP contribution in [0.25, 0.3) is 0 Å². The van der Waals surface area contributed by atoms with Gasteiger partial charge in [0.2, 0.25) is 0 Å². The van der Waals surface area contributed by atoms with Crippen molar-refractivity contribution in [3.05, 3.63) is 52.5 Å². The molecule has 28 heavy (non-hydrogen) atoms. The van der Waals surface area contributed by atoms with E-state index in [2.05, 4.69) is 5.32 Å². The minimum absolute atomic E-state index is 0.142. The van der Waals surface area contributed by atoms with Crippen LogP contribution in [0.3, 0.4) is 0 Å². The largest absolute Gasteiger partial charge is 0.493 e. The van der Waals surface area contributed by atoms with E-state index in [4.69, 9.17) is 25.8 Å². The number of carbonyl (C=O) groups is 2. The molecule has 0 saturated carbocycles. The maximum absolute atomic E-state index is 12.3. The maximum Gasteiger partial charge on any atom is 0.306 e. The molecule has 2 rings (SSSR count). The van der Waals surface area contributed by atoms with Gasteiger partial charge in [0, 0.05) is 17.1 Å². The zero-order valence-corrected chi connectivity index (χ0v) is 17.1. The summed E-state index contributed by atoms with van der Waals surface area (Å²) in [5.41, 5.74) is 2.36. The molecule has 2 aromatic rings. The molecule has 1 N–H and O–H groups in total. The van der Waals surface area contributed by atoms with Crippen molar-refractivity contribution >= 4 is 29.2 Å². The third-order valence-corrected chi connectivity index (χ3v) is 4.44. The van der Waals surface area contributed by atoms with Crippen LogP contribution in [0.1, 0.15) is 24.5 Å². The highest BCUT2D eigenvalue weighted by molar-refractivity contribution is 6.31. The average Bonchev–Trinajstić information content (AvgIpc) is 2.68. The number of anilines is 1. The molecular weight excluding hydrogens is 382 g/mol. The molecule has 7 heteroatoms. The van der Waals surface area contributed by atoms with Crippen molar-refractivity contribution in [1.82, 2.24) is 0 Å². The van der Waals surface area contributed by atoms with Crippen molar-refractivity contribution in [3.63, 3.8) is 0 Å². The number of benzene rings is 2. The van der Waals surface area contributed by atoms with Crippen LogP contribution < -0.4 is 14.8 Å². The summed E-state index contributed by atoms with van der Waals surface area (Å²) in [4.78, 5) is 24.4. The second-order valence-corrected chi connectivity index (χ2v) is 6.71. The van der Waals surface area contributed by atoms with Gasteiger partial charge in [0.15, 0.2) is 17.6 Å². The molecule has 0 aliphatic heterocycles. The van der Waals surface area contributed by atoms with Crippen LogP contribution in [0.4, 0.5) is 5.69 Å². The highest BCUT2D eigenvalue weighted by atomic mass is 35.5. The first kappa shape index (κ1) is 21.6. The number of rotatable bonds is 8. The molecule has 0 aliphatic rings. The summed E-state index contributed by atoms with van der Waals surface area (Å²) in [7, 11) is 3.12. The second kappa shape index (κ2) is 9.99. The van der Waals surface area contributed by atoms with Gasteiger partial charge in [-0.3, -0.25) is 9.59 Å². The van der Waals surface area contributed by atoms with E-state index in [0.717, 1.165) is 11.1 Å². The number of aryl methyl sites for hydroxylation is 2. The smallest absolute Gasteiger partial charge is 0.306 e. The van der Waals surface area contributed by atoms with E-state index in [1.807, 2.05) is 19.1 Å². The van der Waals surface area contributed by atoms with E-state index in [-0.39, 0.29) is 6.42 Å². The monoisotopic (exact) mass is 405 g/mol. The minimum Gasteiger partial charge on any atom is -0.493 e. The molecule has 0 fully saturated rings. The topological polar surface area (TPSA) is 73.9 Å². The SMILES string of the molecule is COc1ccc(CCC(=O)O[C@@H](C)C(=O)Nc2cc(Cl)ccc2C)cc1OC. The number of esters is 1. The van der Waals surface area contributed by atoms with Gasteiger partial charge in [-0.25, -0.2) is 0 Å². The Morgan fingerprint density at radius 2 is 1.79 bits per heavy atom. The fourth-order valence-electron chi connectivity index (χ4n) is 2.56. The predicted molar refractivity (Wildman–Crippen MR) is 108 cm³/mol. The molecular formula is C21H24ClNO5. The van der Waals surface area contributed by atoms with E-state index in [9.17, 15) is 9.59 Å². The van der Waals surface area contributed by atoms with E-state index < -0.39 is 18.0 Å². The standard InChI is InChI=1S/C21H24ClNO5/c1-13-5-8-16(22)12-17(13)23-21(25)14(2)28-20(24)10-7-15-6-9-18(26-3)19(11-15)27-4/h5-6,8-9,11-12,14H,7,10H2,1-4H3,(H,23,25)/t14-/m0/s1. The van der Waals surface area contributed by atoms with Gasteiger partial charge in [0.1, 0.15) is 0 Å². The number of amides is 1. The number of hydrogen-bond donors (Lipinski definition) is 1. The zero-order valence-electron chi connectivity index (χ0n) is 16.4. The summed E-state index contributed by atoms with van der Waals surface area (Å²) in [6.07, 6.45) is -0.319. The highest BCUT2D eigenvalue weighted by Crippen LogP contribution is 2.28. The molecule has 6 nitrogen and oxygen atoms in total. The molecule has 2 aromatic carbocycles. The van der Waals surface area contributed by atoms with Gasteiger partial charge in [-0.1, -0.05) is 23.7 Å². The van der Waals surface area contributed by atoms with Crippen LogP contribution in [-0.4, -0.2) is 32.2 Å². The lowest BCUT2D eigenvalue weighted by Crippen LogP contribution is -2.30. The van der Waals surface area contributed by atoms with Crippen molar-refractivity contribution in [3.8, 4) is 11.5 Å². The Labute approximate surface area is 169 Å². The molecule has 0 heterocycles. The first-order valence-electron chi connectivity index (χ1n) is 8.81. The predicted octanol–water partition coefficient (Wildman–Crippen LogP) is 4.17. The third-order valence-electron chi connectivity index (χ3n) is 4.20. The fourth-order valence-corrected chi connectivity index (χ4v) is 2.73. The van der Waals surface area contributed by atoms with Crippen LogP contribution in [0.15, 0.2) is 36.4 Å². The van der Waals surface area contributed by atoms with E-state index in [1.165, 1.54) is 6.92 Å². The van der Waals surface area contributed by atoms with Gasteiger partial charge in [-0.2, -0.15) is 0 Å². The minimum atomic E-state index is -0.920. The third kappa shape index (κ3) is 5.89. The first-order chi connectivity index (χ1) is 13.3. The highest BCUT2D eigenvalue weighted by Gasteiger charge is 2.19. The van der Waals surface area contributed by atoms with Gasteiger partial charge in [0.05, 0.1) is 14.2 Å². The summed E-state index contributed by atoms with van der Waals surface area (Å²) < 4.78 is 15.7. The maximum atomic E-state index is 12.3. The molecule has 0 spiro atoms. The number of halogens is 1. The molecule has 0 unspecified atom stereocenters. The average molecular weight is 406 g/mol. The van der Waals surface area contributed by atoms with Crippen LogP contribution >= 0.6 is 11.6 Å². The molecule has 0 bridgehead atoms. The Balaban J connectivity index is 1.88. The first-order valence-corrected chi connectivity index (χ1v) is 9.19. The van der Waals surface area contributed by atoms with Gasteiger partial charge in [-0.05, 0) is 55.7 Å². The van der Waals surface area contributed by atoms with Crippen molar-refractivity contribution in [1.29, 1.82) is 0 Å². The normalized spacial score (nSPS) is 11.5. The molecule has 0 saturated heterocycles. The van der Waals surface area contributed by atoms with E-state index in [1.54, 1.807) is 38.5 Å². The summed E-state index contributed by atoms with van der Waals surface area (Å²) in [5.74, 6) is 0.346. The molecule has 1 amide bonds. The Hall–Kier alpha value is -2.73. The lowest BCUT2D eigenvalue weighted by atomic mass is 10.1. The van der Waals surface area contributed by atoms with Gasteiger partial charge < -0.3 is 19.5 Å². The summed E-state index contributed by atoms with van der Waals surface area (Å²) in [6, 6.07) is 10.6. The molecule has 0 aromatic heterocycles. The van der Waals surface area contributed by atoms with Crippen LogP contribution in [0.5, 0.6) is 11.5 Å². The van der Waals surface area contributed by atoms with Crippen molar-refractivity contribution in [2.45, 2.75) is 32.8 Å². The summed E-state index contributed by atoms with van der Waals surface area (Å²) in [6.45, 7) is 3.38. The van der Waals surface area contributed by atoms with Crippen molar-refractivity contribution in [2.75, 3.05) is 19.5 Å². The van der Waals surface area contributed by atoms with Gasteiger partial charge in [0.25, 0.3) is 5.91 Å². The lowest BCUT2D eigenvalue weighted by Gasteiger charge is -2.15. The Morgan fingerprint density at radius 3 is 2.46 bits per heavy atom. The van der Waals surface area contributed by atoms with Crippen molar-refractivity contribution in [2.24, 2.45) is 0 Å². The number of hydrogen-bond acceptors (Lipinski definition) is 5. The van der Waals surface area contributed by atoms with E-state index >= 15 is 0 Å². The number of ether oxygens (including phenoxy) is 3. The lowest BCUT2D eigenvalue weighted by molar-refractivity contribution is -0.153. The quantitative estimate of drug-likeness (QED) is 0.667. The molecule has 1 atom stereocenters. The Kier molecular flexibility index (Phi) is 7.70.